The minimum absolute atomic E-state index is 0.255. The van der Waals surface area contributed by atoms with Crippen molar-refractivity contribution in [3.05, 3.63) is 53.9 Å². The number of ether oxygens (including phenoxy) is 1. The molecule has 0 saturated heterocycles. The largest absolute Gasteiger partial charge is 0.494 e. The molecule has 0 atom stereocenters. The molecular weight excluding hydrogens is 254 g/mol. The topological polar surface area (TPSA) is 75.0 Å². The molecule has 1 N–H and O–H groups in total. The summed E-state index contributed by atoms with van der Waals surface area (Å²) >= 11 is 0. The van der Waals surface area contributed by atoms with Crippen LogP contribution < -0.4 is 10.1 Å². The van der Waals surface area contributed by atoms with Gasteiger partial charge >= 0.3 is 0 Å². The number of rotatable bonds is 4. The second kappa shape index (κ2) is 6.34. The van der Waals surface area contributed by atoms with Crippen LogP contribution in [0.25, 0.3) is 0 Å². The molecule has 1 heterocycles. The Bertz CT molecular complexity index is 645. The fourth-order valence-corrected chi connectivity index (χ4v) is 1.62. The first-order valence-electron chi connectivity index (χ1n) is 6.13. The van der Waals surface area contributed by atoms with E-state index in [0.29, 0.717) is 23.6 Å². The minimum atomic E-state index is -0.330. The van der Waals surface area contributed by atoms with E-state index < -0.39 is 0 Å². The first kappa shape index (κ1) is 13.6. The Balaban J connectivity index is 2.10. The highest BCUT2D eigenvalue weighted by Crippen LogP contribution is 2.17. The molecule has 0 aliphatic heterocycles. The van der Waals surface area contributed by atoms with Crippen molar-refractivity contribution in [3.8, 4) is 11.8 Å². The van der Waals surface area contributed by atoms with Crippen molar-refractivity contribution in [1.82, 2.24) is 4.98 Å². The van der Waals surface area contributed by atoms with Gasteiger partial charge in [0.05, 0.1) is 12.2 Å². The van der Waals surface area contributed by atoms with Crippen molar-refractivity contribution in [3.63, 3.8) is 0 Å². The lowest BCUT2D eigenvalue weighted by molar-refractivity contribution is 0.102. The van der Waals surface area contributed by atoms with Gasteiger partial charge in [-0.25, -0.2) is 4.98 Å². The first-order valence-corrected chi connectivity index (χ1v) is 6.13. The molecular formula is C15H13N3O2. The van der Waals surface area contributed by atoms with Crippen molar-refractivity contribution >= 4 is 11.6 Å². The van der Waals surface area contributed by atoms with Gasteiger partial charge < -0.3 is 10.1 Å². The van der Waals surface area contributed by atoms with Crippen LogP contribution >= 0.6 is 0 Å². The summed E-state index contributed by atoms with van der Waals surface area (Å²) in [5, 5.41) is 11.4. The van der Waals surface area contributed by atoms with E-state index in [2.05, 4.69) is 10.3 Å². The molecule has 2 rings (SSSR count). The molecule has 2 aromatic rings. The Morgan fingerprint density at radius 1 is 1.40 bits per heavy atom. The van der Waals surface area contributed by atoms with Crippen molar-refractivity contribution in [2.45, 2.75) is 6.92 Å². The van der Waals surface area contributed by atoms with Crippen LogP contribution in [0, 0.1) is 11.3 Å². The molecule has 0 radical (unpaired) electrons. The third-order valence-electron chi connectivity index (χ3n) is 2.53. The van der Waals surface area contributed by atoms with Gasteiger partial charge in [-0.1, -0.05) is 6.07 Å². The number of anilines is 1. The van der Waals surface area contributed by atoms with Gasteiger partial charge in [-0.3, -0.25) is 4.79 Å². The number of nitriles is 1. The summed E-state index contributed by atoms with van der Waals surface area (Å²) in [6.07, 6.45) is 1.37. The zero-order chi connectivity index (χ0) is 14.4. The maximum atomic E-state index is 12.0. The Hall–Kier alpha value is -2.87. The normalized spacial score (nSPS) is 9.60. The molecule has 0 saturated carbocycles. The zero-order valence-corrected chi connectivity index (χ0v) is 11.0. The summed E-state index contributed by atoms with van der Waals surface area (Å²) in [5.74, 6) is 0.362. The average molecular weight is 267 g/mol. The highest BCUT2D eigenvalue weighted by molar-refractivity contribution is 6.02. The molecule has 0 bridgehead atoms. The van der Waals surface area contributed by atoms with Gasteiger partial charge in [0, 0.05) is 18.0 Å². The number of nitrogens with zero attached hydrogens (tertiary/aromatic N) is 2. The summed E-state index contributed by atoms with van der Waals surface area (Å²) in [6.45, 7) is 2.46. The van der Waals surface area contributed by atoms with E-state index in [-0.39, 0.29) is 11.6 Å². The number of pyridine rings is 1. The smallest absolute Gasteiger partial charge is 0.274 e. The van der Waals surface area contributed by atoms with Crippen molar-refractivity contribution in [2.75, 3.05) is 11.9 Å². The fourth-order valence-electron chi connectivity index (χ4n) is 1.62. The van der Waals surface area contributed by atoms with Crippen molar-refractivity contribution < 1.29 is 9.53 Å². The second-order valence-electron chi connectivity index (χ2n) is 3.96. The van der Waals surface area contributed by atoms with Gasteiger partial charge in [-0.05, 0) is 31.2 Å². The van der Waals surface area contributed by atoms with E-state index in [1.54, 1.807) is 24.3 Å². The number of nitrogens with one attached hydrogen (secondary N) is 1. The molecule has 20 heavy (non-hydrogen) atoms. The number of aromatic nitrogens is 1. The Kier molecular flexibility index (Phi) is 4.30. The quantitative estimate of drug-likeness (QED) is 0.923. The number of hydrogen-bond donors (Lipinski definition) is 1. The maximum Gasteiger partial charge on any atom is 0.274 e. The molecule has 0 aliphatic rings. The van der Waals surface area contributed by atoms with E-state index in [1.165, 1.54) is 12.3 Å². The summed E-state index contributed by atoms with van der Waals surface area (Å²) in [4.78, 5) is 15.9. The fraction of sp³-hybridized carbons (Fsp3) is 0.133. The lowest BCUT2D eigenvalue weighted by atomic mass is 10.2. The second-order valence-corrected chi connectivity index (χ2v) is 3.96. The molecule has 100 valence electrons. The number of carbonyl (C=O) groups is 1. The maximum absolute atomic E-state index is 12.0. The predicted octanol–water partition coefficient (Wildman–Crippen LogP) is 2.60. The summed E-state index contributed by atoms with van der Waals surface area (Å²) in [7, 11) is 0. The highest BCUT2D eigenvalue weighted by atomic mass is 16.5. The molecule has 0 aliphatic carbocycles. The van der Waals surface area contributed by atoms with Gasteiger partial charge in [0.1, 0.15) is 17.5 Å². The van der Waals surface area contributed by atoms with E-state index in [9.17, 15) is 4.79 Å². The van der Waals surface area contributed by atoms with Gasteiger partial charge in [-0.15, -0.1) is 0 Å². The molecule has 1 aromatic heterocycles. The standard InChI is InChI=1S/C15H13N3O2/c1-2-20-13-5-3-4-12(8-13)18-15(19)14-7-6-11(9-16)10-17-14/h3-8,10H,2H2,1H3,(H,18,19). The van der Waals surface area contributed by atoms with Crippen molar-refractivity contribution in [1.29, 1.82) is 5.26 Å². The van der Waals surface area contributed by atoms with Crippen LogP contribution in [-0.2, 0) is 0 Å². The van der Waals surface area contributed by atoms with Crippen LogP contribution in [0.1, 0.15) is 23.0 Å². The van der Waals surface area contributed by atoms with E-state index in [0.717, 1.165) is 0 Å². The molecule has 1 amide bonds. The monoisotopic (exact) mass is 267 g/mol. The molecule has 0 unspecified atom stereocenters. The lowest BCUT2D eigenvalue weighted by Crippen LogP contribution is -2.13. The van der Waals surface area contributed by atoms with Crippen LogP contribution in [0.2, 0.25) is 0 Å². The van der Waals surface area contributed by atoms with Crippen molar-refractivity contribution in [2.24, 2.45) is 0 Å². The van der Waals surface area contributed by atoms with Crippen LogP contribution in [0.5, 0.6) is 5.75 Å². The third kappa shape index (κ3) is 3.33. The summed E-state index contributed by atoms with van der Waals surface area (Å²) in [6, 6.07) is 12.1. The highest BCUT2D eigenvalue weighted by Gasteiger charge is 2.08. The molecule has 0 fully saturated rings. The lowest BCUT2D eigenvalue weighted by Gasteiger charge is -2.07. The SMILES string of the molecule is CCOc1cccc(NC(=O)c2ccc(C#N)cn2)c1. The van der Waals surface area contributed by atoms with Crippen LogP contribution in [-0.4, -0.2) is 17.5 Å². The molecule has 1 aromatic carbocycles. The van der Waals surface area contributed by atoms with Crippen LogP contribution in [0.15, 0.2) is 42.6 Å². The number of amides is 1. The summed E-state index contributed by atoms with van der Waals surface area (Å²) in [5.41, 5.74) is 1.30. The Morgan fingerprint density at radius 2 is 2.25 bits per heavy atom. The molecule has 0 spiro atoms. The average Bonchev–Trinajstić information content (AvgIpc) is 2.48. The van der Waals surface area contributed by atoms with Gasteiger partial charge in [0.25, 0.3) is 5.91 Å². The zero-order valence-electron chi connectivity index (χ0n) is 11.0. The minimum Gasteiger partial charge on any atom is -0.494 e. The first-order chi connectivity index (χ1) is 9.72. The van der Waals surface area contributed by atoms with Gasteiger partial charge in [-0.2, -0.15) is 5.26 Å². The summed E-state index contributed by atoms with van der Waals surface area (Å²) < 4.78 is 5.36. The molecule has 5 nitrogen and oxygen atoms in total. The van der Waals surface area contributed by atoms with E-state index >= 15 is 0 Å². The number of carbonyl (C=O) groups excluding carboxylic acids is 1. The van der Waals surface area contributed by atoms with Gasteiger partial charge in [0.15, 0.2) is 0 Å². The number of benzene rings is 1. The predicted molar refractivity (Wildman–Crippen MR) is 74.5 cm³/mol. The molecule has 5 heteroatoms. The van der Waals surface area contributed by atoms with Crippen LogP contribution in [0.4, 0.5) is 5.69 Å². The van der Waals surface area contributed by atoms with E-state index in [1.807, 2.05) is 19.1 Å². The van der Waals surface area contributed by atoms with Crippen LogP contribution in [0.3, 0.4) is 0 Å². The third-order valence-corrected chi connectivity index (χ3v) is 2.53. The number of hydrogen-bond acceptors (Lipinski definition) is 4. The van der Waals surface area contributed by atoms with Gasteiger partial charge in [0.2, 0.25) is 0 Å². The Labute approximate surface area is 116 Å². The van der Waals surface area contributed by atoms with E-state index in [4.69, 9.17) is 10.00 Å². The Morgan fingerprint density at radius 3 is 2.90 bits per heavy atom.